The molecule has 0 saturated carbocycles. The van der Waals surface area contributed by atoms with Gasteiger partial charge in [0.25, 0.3) is 0 Å². The van der Waals surface area contributed by atoms with Crippen molar-refractivity contribution in [3.05, 3.63) is 63.2 Å². The van der Waals surface area contributed by atoms with Crippen molar-refractivity contribution >= 4 is 23.4 Å². The number of carbonyl (C=O) groups is 1. The highest BCUT2D eigenvalue weighted by molar-refractivity contribution is 6.30. The number of rotatable bonds is 5. The third-order valence-electron chi connectivity index (χ3n) is 3.04. The Morgan fingerprint density at radius 3 is 2.74 bits per heavy atom. The molecule has 0 aliphatic carbocycles. The first kappa shape index (κ1) is 16.6. The molecule has 0 aliphatic heterocycles. The fourth-order valence-corrected chi connectivity index (χ4v) is 2.13. The number of hydrogen-bond donors (Lipinski definition) is 2. The summed E-state index contributed by atoms with van der Waals surface area (Å²) in [6.07, 6.45) is -1.14. The molecular formula is C15H13ClN2O5. The number of nitro benzene ring substituents is 1. The Bertz CT molecular complexity index is 750. The smallest absolute Gasteiger partial charge is 0.405 e. The molecule has 2 N–H and O–H groups in total. The van der Waals surface area contributed by atoms with Crippen LogP contribution in [0.5, 0.6) is 11.5 Å². The van der Waals surface area contributed by atoms with Gasteiger partial charge in [-0.2, -0.15) is 0 Å². The molecule has 0 radical (unpaired) electrons. The van der Waals surface area contributed by atoms with E-state index in [9.17, 15) is 14.9 Å². The van der Waals surface area contributed by atoms with E-state index in [0.29, 0.717) is 16.3 Å². The Balaban J connectivity index is 2.29. The van der Waals surface area contributed by atoms with Crippen molar-refractivity contribution in [1.29, 1.82) is 0 Å². The standard InChI is InChI=1S/C15H13ClN2O5/c1-9(17-15(19)20)10-3-2-4-12(7-10)23-14-8-11(16)5-6-13(14)18(21)22/h2-9,17H,1H3,(H,19,20)/t9-/m1/s1. The molecule has 1 amide bonds. The van der Waals surface area contributed by atoms with Crippen LogP contribution in [-0.2, 0) is 0 Å². The number of nitrogens with zero attached hydrogens (tertiary/aromatic N) is 1. The molecule has 0 bridgehead atoms. The number of benzene rings is 2. The number of hydrogen-bond acceptors (Lipinski definition) is 4. The minimum atomic E-state index is -1.14. The molecule has 8 heteroatoms. The van der Waals surface area contributed by atoms with Crippen LogP contribution in [-0.4, -0.2) is 16.1 Å². The van der Waals surface area contributed by atoms with Crippen molar-refractivity contribution in [2.45, 2.75) is 13.0 Å². The van der Waals surface area contributed by atoms with E-state index in [4.69, 9.17) is 21.4 Å². The molecule has 23 heavy (non-hydrogen) atoms. The van der Waals surface area contributed by atoms with Crippen LogP contribution in [0.4, 0.5) is 10.5 Å². The molecule has 0 heterocycles. The van der Waals surface area contributed by atoms with Gasteiger partial charge in [-0.25, -0.2) is 4.79 Å². The van der Waals surface area contributed by atoms with E-state index in [0.717, 1.165) is 0 Å². The lowest BCUT2D eigenvalue weighted by atomic mass is 10.1. The zero-order chi connectivity index (χ0) is 17.0. The van der Waals surface area contributed by atoms with Crippen molar-refractivity contribution in [3.63, 3.8) is 0 Å². The molecule has 0 fully saturated rings. The van der Waals surface area contributed by atoms with Gasteiger partial charge in [0.2, 0.25) is 5.75 Å². The molecule has 2 aromatic rings. The summed E-state index contributed by atoms with van der Waals surface area (Å²) in [6.45, 7) is 1.68. The summed E-state index contributed by atoms with van der Waals surface area (Å²) in [7, 11) is 0. The van der Waals surface area contributed by atoms with Gasteiger partial charge in [0.05, 0.1) is 11.0 Å². The molecule has 120 valence electrons. The quantitative estimate of drug-likeness (QED) is 0.623. The van der Waals surface area contributed by atoms with E-state index >= 15 is 0 Å². The van der Waals surface area contributed by atoms with E-state index in [1.807, 2.05) is 0 Å². The SMILES string of the molecule is C[C@@H](NC(=O)O)c1cccc(Oc2cc(Cl)ccc2[N+](=O)[O-])c1. The number of nitro groups is 1. The summed E-state index contributed by atoms with van der Waals surface area (Å²) >= 11 is 5.85. The second kappa shape index (κ2) is 6.97. The Morgan fingerprint density at radius 1 is 1.35 bits per heavy atom. The summed E-state index contributed by atoms with van der Waals surface area (Å²) in [6, 6.07) is 10.2. The monoisotopic (exact) mass is 336 g/mol. The highest BCUT2D eigenvalue weighted by Crippen LogP contribution is 2.34. The molecule has 2 rings (SSSR count). The molecule has 7 nitrogen and oxygen atoms in total. The van der Waals surface area contributed by atoms with Crippen LogP contribution >= 0.6 is 11.6 Å². The first-order valence-corrected chi connectivity index (χ1v) is 6.96. The second-order valence-corrected chi connectivity index (χ2v) is 5.15. The highest BCUT2D eigenvalue weighted by atomic mass is 35.5. The minimum Gasteiger partial charge on any atom is -0.465 e. The summed E-state index contributed by atoms with van der Waals surface area (Å²) in [5.74, 6) is 0.352. The van der Waals surface area contributed by atoms with Crippen molar-refractivity contribution < 1.29 is 19.6 Å². The van der Waals surface area contributed by atoms with Crippen LogP contribution in [0.3, 0.4) is 0 Å². The van der Waals surface area contributed by atoms with E-state index in [-0.39, 0.29) is 11.4 Å². The minimum absolute atomic E-state index is 0.0125. The molecule has 0 unspecified atom stereocenters. The average molecular weight is 337 g/mol. The van der Waals surface area contributed by atoms with Crippen LogP contribution in [0, 0.1) is 10.1 Å². The van der Waals surface area contributed by atoms with Crippen LogP contribution in [0.15, 0.2) is 42.5 Å². The fourth-order valence-electron chi connectivity index (χ4n) is 1.96. The Hall–Kier alpha value is -2.80. The van der Waals surface area contributed by atoms with Crippen LogP contribution in [0.2, 0.25) is 5.02 Å². The number of nitrogens with one attached hydrogen (secondary N) is 1. The van der Waals surface area contributed by atoms with Crippen molar-refractivity contribution in [3.8, 4) is 11.5 Å². The summed E-state index contributed by atoms with van der Waals surface area (Å²) < 4.78 is 5.55. The molecule has 0 spiro atoms. The zero-order valence-electron chi connectivity index (χ0n) is 12.0. The van der Waals surface area contributed by atoms with Crippen LogP contribution in [0.25, 0.3) is 0 Å². The van der Waals surface area contributed by atoms with Gasteiger partial charge in [-0.15, -0.1) is 0 Å². The molecule has 1 atom stereocenters. The van der Waals surface area contributed by atoms with Gasteiger partial charge in [-0.05, 0) is 30.7 Å². The maximum absolute atomic E-state index is 11.0. The first-order chi connectivity index (χ1) is 10.9. The maximum Gasteiger partial charge on any atom is 0.405 e. The average Bonchev–Trinajstić information content (AvgIpc) is 2.46. The number of halogens is 1. The van der Waals surface area contributed by atoms with Gasteiger partial charge in [0, 0.05) is 17.2 Å². The van der Waals surface area contributed by atoms with Crippen molar-refractivity contribution in [2.75, 3.05) is 0 Å². The molecular weight excluding hydrogens is 324 g/mol. The third-order valence-corrected chi connectivity index (χ3v) is 3.28. The lowest BCUT2D eigenvalue weighted by Gasteiger charge is -2.13. The lowest BCUT2D eigenvalue weighted by Crippen LogP contribution is -2.24. The lowest BCUT2D eigenvalue weighted by molar-refractivity contribution is -0.385. The fraction of sp³-hybridized carbons (Fsp3) is 0.133. The van der Waals surface area contributed by atoms with Crippen molar-refractivity contribution in [2.24, 2.45) is 0 Å². The van der Waals surface area contributed by atoms with Crippen molar-refractivity contribution in [1.82, 2.24) is 5.32 Å². The van der Waals surface area contributed by atoms with Gasteiger partial charge >= 0.3 is 11.8 Å². The number of ether oxygens (including phenoxy) is 1. The van der Waals surface area contributed by atoms with E-state index in [1.54, 1.807) is 31.2 Å². The third kappa shape index (κ3) is 4.33. The largest absolute Gasteiger partial charge is 0.465 e. The normalized spacial score (nSPS) is 11.6. The predicted octanol–water partition coefficient (Wildman–Crippen LogP) is 4.37. The second-order valence-electron chi connectivity index (χ2n) is 4.71. The van der Waals surface area contributed by atoms with Gasteiger partial charge in [0.1, 0.15) is 5.75 Å². The van der Waals surface area contributed by atoms with Crippen LogP contribution in [0.1, 0.15) is 18.5 Å². The number of amides is 1. The summed E-state index contributed by atoms with van der Waals surface area (Å²) in [4.78, 5) is 21.1. The van der Waals surface area contributed by atoms with E-state index in [1.165, 1.54) is 18.2 Å². The molecule has 0 saturated heterocycles. The Kier molecular flexibility index (Phi) is 5.02. The molecule has 0 aromatic heterocycles. The summed E-state index contributed by atoms with van der Waals surface area (Å²) in [5.41, 5.74) is 0.450. The predicted molar refractivity (Wildman–Crippen MR) is 84.2 cm³/mol. The summed E-state index contributed by atoms with van der Waals surface area (Å²) in [5, 5.41) is 22.4. The number of carboxylic acid groups (broad SMARTS) is 1. The Morgan fingerprint density at radius 2 is 2.09 bits per heavy atom. The van der Waals surface area contributed by atoms with Gasteiger partial charge in [-0.3, -0.25) is 10.1 Å². The Labute approximate surface area is 136 Å². The molecule has 0 aliphatic rings. The van der Waals surface area contributed by atoms with Gasteiger partial charge in [-0.1, -0.05) is 23.7 Å². The van der Waals surface area contributed by atoms with E-state index < -0.39 is 17.1 Å². The zero-order valence-corrected chi connectivity index (χ0v) is 12.8. The molecule has 2 aromatic carbocycles. The van der Waals surface area contributed by atoms with Crippen LogP contribution < -0.4 is 10.1 Å². The van der Waals surface area contributed by atoms with Gasteiger partial charge < -0.3 is 15.2 Å². The topological polar surface area (TPSA) is 102 Å². The highest BCUT2D eigenvalue weighted by Gasteiger charge is 2.17. The first-order valence-electron chi connectivity index (χ1n) is 6.58. The van der Waals surface area contributed by atoms with E-state index in [2.05, 4.69) is 5.32 Å². The maximum atomic E-state index is 11.0. The van der Waals surface area contributed by atoms with Gasteiger partial charge in [0.15, 0.2) is 0 Å².